The van der Waals surface area contributed by atoms with E-state index in [9.17, 15) is 9.59 Å². The van der Waals surface area contributed by atoms with Gasteiger partial charge in [-0.05, 0) is 29.2 Å². The second kappa shape index (κ2) is 11.7. The molecule has 0 fully saturated rings. The molecule has 0 unspecified atom stereocenters. The van der Waals surface area contributed by atoms with Crippen LogP contribution in [0.3, 0.4) is 0 Å². The van der Waals surface area contributed by atoms with Crippen LogP contribution in [0.4, 0.5) is 0 Å². The van der Waals surface area contributed by atoms with Gasteiger partial charge in [0.2, 0.25) is 5.78 Å². The molecule has 0 saturated heterocycles. The highest BCUT2D eigenvalue weighted by atomic mass is 16.2. The maximum atomic E-state index is 12.2. The molecule has 0 spiro atoms. The van der Waals surface area contributed by atoms with Gasteiger partial charge in [-0.15, -0.1) is 0 Å². The van der Waals surface area contributed by atoms with Crippen molar-refractivity contribution in [2.45, 2.75) is 84.5 Å². The van der Waals surface area contributed by atoms with Gasteiger partial charge in [0.05, 0.1) is 0 Å². The quantitative estimate of drug-likeness (QED) is 0.216. The Labute approximate surface area is 164 Å². The lowest BCUT2D eigenvalue weighted by atomic mass is 9.93. The number of unbranched alkanes of at least 4 members (excludes halogenated alkanes) is 9. The average molecular weight is 367 g/mol. The van der Waals surface area contributed by atoms with Crippen molar-refractivity contribution < 1.29 is 9.59 Å². The summed E-state index contributed by atoms with van der Waals surface area (Å²) < 4.78 is 0. The lowest BCUT2D eigenvalue weighted by molar-refractivity contribution is -0.113. The molecule has 2 aromatic carbocycles. The highest BCUT2D eigenvalue weighted by Gasteiger charge is 2.15. The van der Waals surface area contributed by atoms with Crippen molar-refractivity contribution in [3.8, 4) is 0 Å². The molecule has 0 bridgehead atoms. The molecule has 0 amide bonds. The van der Waals surface area contributed by atoms with Gasteiger partial charge in [0.25, 0.3) is 0 Å². The van der Waals surface area contributed by atoms with Crippen LogP contribution in [0.2, 0.25) is 0 Å². The first-order chi connectivity index (χ1) is 13.1. The Kier molecular flexibility index (Phi) is 9.24. The molecule has 0 aliphatic heterocycles. The van der Waals surface area contributed by atoms with Crippen LogP contribution in [-0.4, -0.2) is 11.6 Å². The van der Waals surface area contributed by atoms with Gasteiger partial charge < -0.3 is 0 Å². The lowest BCUT2D eigenvalue weighted by Gasteiger charge is -2.10. The Morgan fingerprint density at radius 1 is 0.704 bits per heavy atom. The molecule has 0 aliphatic rings. The second-order valence-corrected chi connectivity index (χ2v) is 7.64. The number of rotatable bonds is 13. The number of carbonyl (C=O) groups excluding carboxylic acids is 2. The van der Waals surface area contributed by atoms with Crippen molar-refractivity contribution in [2.75, 3.05) is 0 Å². The number of hydrogen-bond donors (Lipinski definition) is 0. The highest BCUT2D eigenvalue weighted by molar-refractivity contribution is 6.45. The van der Waals surface area contributed by atoms with E-state index < -0.39 is 11.6 Å². The largest absolute Gasteiger partial charge is 0.291 e. The maximum absolute atomic E-state index is 12.2. The van der Waals surface area contributed by atoms with E-state index in [1.807, 2.05) is 30.3 Å². The van der Waals surface area contributed by atoms with Crippen molar-refractivity contribution >= 4 is 22.3 Å². The molecule has 2 nitrogen and oxygen atoms in total. The van der Waals surface area contributed by atoms with E-state index in [-0.39, 0.29) is 0 Å². The van der Waals surface area contributed by atoms with Crippen LogP contribution < -0.4 is 0 Å². The first kappa shape index (κ1) is 21.3. The normalized spacial score (nSPS) is 11.0. The molecule has 0 atom stereocenters. The fraction of sp³-hybridized carbons (Fsp3) is 0.520. The number of ketones is 2. The van der Waals surface area contributed by atoms with Gasteiger partial charge >= 0.3 is 0 Å². The summed E-state index contributed by atoms with van der Waals surface area (Å²) in [5, 5.41) is 2.02. The first-order valence-electron chi connectivity index (χ1n) is 10.7. The van der Waals surface area contributed by atoms with E-state index in [4.69, 9.17) is 0 Å². The van der Waals surface area contributed by atoms with Crippen LogP contribution in [0.5, 0.6) is 0 Å². The Bertz CT molecular complexity index is 745. The van der Waals surface area contributed by atoms with Crippen LogP contribution in [-0.2, 0) is 11.2 Å². The number of carbonyl (C=O) groups is 2. The van der Waals surface area contributed by atoms with E-state index in [2.05, 4.69) is 13.0 Å². The standard InChI is InChI=1S/C25H34O2/c1-3-4-5-6-7-8-9-10-11-12-15-21-18-19-24(25(27)20(2)26)23-17-14-13-16-22(21)23/h13-14,16-19H,3-12,15H2,1-2H3. The lowest BCUT2D eigenvalue weighted by Crippen LogP contribution is -2.10. The first-order valence-corrected chi connectivity index (χ1v) is 10.7. The Morgan fingerprint density at radius 2 is 1.26 bits per heavy atom. The number of fused-ring (bicyclic) bond motifs is 1. The minimum atomic E-state index is -0.400. The van der Waals surface area contributed by atoms with Crippen LogP contribution in [0.25, 0.3) is 10.8 Å². The predicted octanol–water partition coefficient (Wildman–Crippen LogP) is 7.07. The van der Waals surface area contributed by atoms with Crippen molar-refractivity contribution in [1.82, 2.24) is 0 Å². The summed E-state index contributed by atoms with van der Waals surface area (Å²) >= 11 is 0. The summed E-state index contributed by atoms with van der Waals surface area (Å²) in [5.41, 5.74) is 1.81. The molecular formula is C25H34O2. The molecule has 0 radical (unpaired) electrons. The van der Waals surface area contributed by atoms with Crippen LogP contribution in [0.1, 0.15) is 94.0 Å². The summed E-state index contributed by atoms with van der Waals surface area (Å²) in [7, 11) is 0. The van der Waals surface area contributed by atoms with E-state index in [0.717, 1.165) is 17.2 Å². The third-order valence-electron chi connectivity index (χ3n) is 5.38. The molecule has 2 heteroatoms. The number of aryl methyl sites for hydroxylation is 1. The average Bonchev–Trinajstić information content (AvgIpc) is 2.68. The monoisotopic (exact) mass is 366 g/mol. The summed E-state index contributed by atoms with van der Waals surface area (Å²) in [6.07, 6.45) is 14.4. The Morgan fingerprint density at radius 3 is 1.85 bits per heavy atom. The smallest absolute Gasteiger partial charge is 0.228 e. The van der Waals surface area contributed by atoms with Crippen LogP contribution >= 0.6 is 0 Å². The summed E-state index contributed by atoms with van der Waals surface area (Å²) in [6, 6.07) is 11.8. The second-order valence-electron chi connectivity index (χ2n) is 7.64. The van der Waals surface area contributed by atoms with Crippen LogP contribution in [0.15, 0.2) is 36.4 Å². The molecule has 27 heavy (non-hydrogen) atoms. The summed E-state index contributed by atoms with van der Waals surface area (Å²) in [5.74, 6) is -0.792. The van der Waals surface area contributed by atoms with Gasteiger partial charge in [-0.25, -0.2) is 0 Å². The summed E-state index contributed by atoms with van der Waals surface area (Å²) in [6.45, 7) is 3.60. The molecule has 2 aromatic rings. The third kappa shape index (κ3) is 6.61. The zero-order valence-corrected chi connectivity index (χ0v) is 17.1. The number of Topliss-reactive ketones (excluding diaryl/α,β-unsaturated/α-hetero) is 2. The topological polar surface area (TPSA) is 34.1 Å². The third-order valence-corrected chi connectivity index (χ3v) is 5.38. The van der Waals surface area contributed by atoms with Crippen molar-refractivity contribution in [3.05, 3.63) is 47.5 Å². The molecule has 2 rings (SSSR count). The van der Waals surface area contributed by atoms with Gasteiger partial charge in [-0.2, -0.15) is 0 Å². The maximum Gasteiger partial charge on any atom is 0.228 e. The van der Waals surface area contributed by atoms with Crippen LogP contribution in [0, 0.1) is 0 Å². The zero-order valence-electron chi connectivity index (χ0n) is 17.1. The van der Waals surface area contributed by atoms with E-state index in [1.54, 1.807) is 0 Å². The molecule has 0 heterocycles. The SMILES string of the molecule is CCCCCCCCCCCCc1ccc(C(=O)C(C)=O)c2ccccc12. The fourth-order valence-electron chi connectivity index (χ4n) is 3.77. The van der Waals surface area contributed by atoms with Gasteiger partial charge in [0.15, 0.2) is 5.78 Å². The van der Waals surface area contributed by atoms with Crippen molar-refractivity contribution in [2.24, 2.45) is 0 Å². The van der Waals surface area contributed by atoms with Crippen molar-refractivity contribution in [1.29, 1.82) is 0 Å². The molecule has 146 valence electrons. The molecule has 0 aliphatic carbocycles. The van der Waals surface area contributed by atoms with Gasteiger partial charge in [-0.3, -0.25) is 9.59 Å². The van der Waals surface area contributed by atoms with E-state index >= 15 is 0 Å². The Balaban J connectivity index is 1.83. The minimum absolute atomic E-state index is 0.392. The van der Waals surface area contributed by atoms with Crippen molar-refractivity contribution in [3.63, 3.8) is 0 Å². The molecule has 0 N–H and O–H groups in total. The predicted molar refractivity (Wildman–Crippen MR) is 115 cm³/mol. The van der Waals surface area contributed by atoms with E-state index in [0.29, 0.717) is 5.56 Å². The summed E-state index contributed by atoms with van der Waals surface area (Å²) in [4.78, 5) is 23.7. The van der Waals surface area contributed by atoms with E-state index in [1.165, 1.54) is 76.7 Å². The fourth-order valence-corrected chi connectivity index (χ4v) is 3.77. The highest BCUT2D eigenvalue weighted by Crippen LogP contribution is 2.25. The zero-order chi connectivity index (χ0) is 19.5. The number of benzene rings is 2. The van der Waals surface area contributed by atoms with Gasteiger partial charge in [-0.1, -0.05) is 101 Å². The molecule has 0 aromatic heterocycles. The molecular weight excluding hydrogens is 332 g/mol. The Hall–Kier alpha value is -1.96. The minimum Gasteiger partial charge on any atom is -0.291 e. The van der Waals surface area contributed by atoms with Gasteiger partial charge in [0.1, 0.15) is 0 Å². The number of hydrogen-bond acceptors (Lipinski definition) is 2. The van der Waals surface area contributed by atoms with Gasteiger partial charge in [0, 0.05) is 12.5 Å². The molecule has 0 saturated carbocycles.